The van der Waals surface area contributed by atoms with Gasteiger partial charge in [0.05, 0.1) is 22.5 Å². The zero-order valence-electron chi connectivity index (χ0n) is 10.4. The van der Waals surface area contributed by atoms with Crippen molar-refractivity contribution in [1.29, 1.82) is 0 Å². The predicted octanol–water partition coefficient (Wildman–Crippen LogP) is 2.92. The lowest BCUT2D eigenvalue weighted by atomic mass is 10.3. The van der Waals surface area contributed by atoms with Crippen LogP contribution >= 0.6 is 15.9 Å². The third kappa shape index (κ3) is 3.01. The number of halogens is 2. The minimum absolute atomic E-state index is 0.131. The Balaban J connectivity index is 2.53. The fraction of sp³-hybridized carbons (Fsp3) is 0.231. The molecule has 0 bridgehead atoms. The molecule has 0 aliphatic carbocycles. The standard InChI is InChI=1S/C13H12BrFN2O2/c1-8(2)19-12-11(14)7-16-17(13(12)18)10-5-3-9(15)4-6-10/h3-8H,1-2H3. The molecular formula is C13H12BrFN2O2. The zero-order chi connectivity index (χ0) is 14.0. The van der Waals surface area contributed by atoms with Gasteiger partial charge in [-0.1, -0.05) is 0 Å². The van der Waals surface area contributed by atoms with Crippen molar-refractivity contribution >= 4 is 15.9 Å². The maximum Gasteiger partial charge on any atom is 0.314 e. The van der Waals surface area contributed by atoms with Crippen LogP contribution in [-0.4, -0.2) is 15.9 Å². The van der Waals surface area contributed by atoms with Crippen molar-refractivity contribution < 1.29 is 9.13 Å². The summed E-state index contributed by atoms with van der Waals surface area (Å²) in [7, 11) is 0. The van der Waals surface area contributed by atoms with Gasteiger partial charge in [0, 0.05) is 0 Å². The van der Waals surface area contributed by atoms with E-state index in [1.165, 1.54) is 35.1 Å². The molecule has 0 fully saturated rings. The zero-order valence-corrected chi connectivity index (χ0v) is 12.0. The monoisotopic (exact) mass is 326 g/mol. The Kier molecular flexibility index (Phi) is 3.99. The van der Waals surface area contributed by atoms with Crippen LogP contribution in [0.15, 0.2) is 39.7 Å². The Hall–Kier alpha value is -1.69. The minimum atomic E-state index is -0.394. The van der Waals surface area contributed by atoms with Gasteiger partial charge in [-0.05, 0) is 54.0 Å². The number of ether oxygens (including phenoxy) is 1. The summed E-state index contributed by atoms with van der Waals surface area (Å²) in [4.78, 5) is 12.3. The van der Waals surface area contributed by atoms with Gasteiger partial charge in [0.25, 0.3) is 0 Å². The molecule has 1 aromatic heterocycles. The first kappa shape index (κ1) is 13.7. The van der Waals surface area contributed by atoms with Crippen molar-refractivity contribution in [3.8, 4) is 11.4 Å². The molecule has 0 N–H and O–H groups in total. The van der Waals surface area contributed by atoms with Gasteiger partial charge in [0.1, 0.15) is 5.82 Å². The van der Waals surface area contributed by atoms with Crippen LogP contribution in [0, 0.1) is 5.82 Å². The smallest absolute Gasteiger partial charge is 0.314 e. The summed E-state index contributed by atoms with van der Waals surface area (Å²) in [5.41, 5.74) is 0.0854. The molecule has 0 amide bonds. The van der Waals surface area contributed by atoms with Gasteiger partial charge in [0.2, 0.25) is 5.75 Å². The van der Waals surface area contributed by atoms with Crippen LogP contribution < -0.4 is 10.3 Å². The molecule has 19 heavy (non-hydrogen) atoms. The highest BCUT2D eigenvalue weighted by molar-refractivity contribution is 9.10. The molecule has 2 aromatic rings. The third-order valence-electron chi connectivity index (χ3n) is 2.31. The lowest BCUT2D eigenvalue weighted by molar-refractivity contribution is 0.235. The Morgan fingerprint density at radius 2 is 1.95 bits per heavy atom. The van der Waals surface area contributed by atoms with Crippen molar-refractivity contribution in [2.75, 3.05) is 0 Å². The molecule has 2 rings (SSSR count). The van der Waals surface area contributed by atoms with Crippen LogP contribution in [0.3, 0.4) is 0 Å². The van der Waals surface area contributed by atoms with E-state index in [0.717, 1.165) is 0 Å². The van der Waals surface area contributed by atoms with E-state index in [1.807, 2.05) is 13.8 Å². The number of hydrogen-bond acceptors (Lipinski definition) is 3. The van der Waals surface area contributed by atoms with E-state index in [0.29, 0.717) is 10.2 Å². The maximum absolute atomic E-state index is 12.9. The van der Waals surface area contributed by atoms with Crippen LogP contribution in [-0.2, 0) is 0 Å². The quantitative estimate of drug-likeness (QED) is 0.871. The van der Waals surface area contributed by atoms with E-state index in [1.54, 1.807) is 0 Å². The van der Waals surface area contributed by atoms with E-state index in [9.17, 15) is 9.18 Å². The predicted molar refractivity (Wildman–Crippen MR) is 73.3 cm³/mol. The summed E-state index contributed by atoms with van der Waals surface area (Å²) in [5.74, 6) is -0.179. The fourth-order valence-corrected chi connectivity index (χ4v) is 1.88. The van der Waals surface area contributed by atoms with E-state index >= 15 is 0 Å². The first-order valence-corrected chi connectivity index (χ1v) is 6.49. The fourth-order valence-electron chi connectivity index (χ4n) is 1.53. The largest absolute Gasteiger partial charge is 0.484 e. The van der Waals surface area contributed by atoms with E-state index in [-0.39, 0.29) is 17.7 Å². The molecule has 1 heterocycles. The van der Waals surface area contributed by atoms with Gasteiger partial charge in [-0.15, -0.1) is 0 Å². The molecule has 6 heteroatoms. The van der Waals surface area contributed by atoms with Crippen LogP contribution in [0.5, 0.6) is 5.75 Å². The summed E-state index contributed by atoms with van der Waals surface area (Å²) >= 11 is 3.23. The molecule has 0 aliphatic rings. The molecule has 0 radical (unpaired) electrons. The Bertz CT molecular complexity index is 638. The molecule has 0 saturated carbocycles. The van der Waals surface area contributed by atoms with E-state index in [2.05, 4.69) is 21.0 Å². The van der Waals surface area contributed by atoms with Gasteiger partial charge in [-0.3, -0.25) is 4.79 Å². The molecule has 100 valence electrons. The summed E-state index contributed by atoms with van der Waals surface area (Å²) < 4.78 is 20.0. The van der Waals surface area contributed by atoms with Gasteiger partial charge in [0.15, 0.2) is 0 Å². The number of rotatable bonds is 3. The number of benzene rings is 1. The molecule has 0 aliphatic heterocycles. The number of hydrogen-bond donors (Lipinski definition) is 0. The van der Waals surface area contributed by atoms with Crippen LogP contribution in [0.4, 0.5) is 4.39 Å². The Morgan fingerprint density at radius 1 is 1.32 bits per heavy atom. The average Bonchev–Trinajstić information content (AvgIpc) is 2.36. The van der Waals surface area contributed by atoms with Crippen molar-refractivity contribution in [3.63, 3.8) is 0 Å². The first-order valence-electron chi connectivity index (χ1n) is 5.69. The van der Waals surface area contributed by atoms with E-state index in [4.69, 9.17) is 4.74 Å². The SMILES string of the molecule is CC(C)Oc1c(Br)cnn(-c2ccc(F)cc2)c1=O. The van der Waals surface area contributed by atoms with Crippen LogP contribution in [0.1, 0.15) is 13.8 Å². The minimum Gasteiger partial charge on any atom is -0.484 e. The lowest BCUT2D eigenvalue weighted by Crippen LogP contribution is -2.25. The molecule has 1 aromatic carbocycles. The van der Waals surface area contributed by atoms with Gasteiger partial charge in [-0.25, -0.2) is 4.39 Å². The van der Waals surface area contributed by atoms with Crippen LogP contribution in [0.2, 0.25) is 0 Å². The highest BCUT2D eigenvalue weighted by atomic mass is 79.9. The van der Waals surface area contributed by atoms with Crippen molar-refractivity contribution in [1.82, 2.24) is 9.78 Å². The van der Waals surface area contributed by atoms with Gasteiger partial charge >= 0.3 is 5.56 Å². The maximum atomic E-state index is 12.9. The Labute approximate surface area is 118 Å². The van der Waals surface area contributed by atoms with E-state index < -0.39 is 5.56 Å². The highest BCUT2D eigenvalue weighted by Crippen LogP contribution is 2.20. The van der Waals surface area contributed by atoms with Gasteiger partial charge < -0.3 is 4.74 Å². The number of aromatic nitrogens is 2. The molecule has 4 nitrogen and oxygen atoms in total. The number of nitrogens with zero attached hydrogens (tertiary/aromatic N) is 2. The molecule has 0 saturated heterocycles. The Morgan fingerprint density at radius 3 is 2.53 bits per heavy atom. The average molecular weight is 327 g/mol. The van der Waals surface area contributed by atoms with Crippen LogP contribution in [0.25, 0.3) is 5.69 Å². The summed E-state index contributed by atoms with van der Waals surface area (Å²) in [6.07, 6.45) is 1.34. The van der Waals surface area contributed by atoms with Gasteiger partial charge in [-0.2, -0.15) is 9.78 Å². The third-order valence-corrected chi connectivity index (χ3v) is 2.88. The molecule has 0 spiro atoms. The molecule has 0 atom stereocenters. The normalized spacial score (nSPS) is 10.8. The second-order valence-corrected chi connectivity index (χ2v) is 5.04. The topological polar surface area (TPSA) is 44.1 Å². The van der Waals surface area contributed by atoms with Crippen molar-refractivity contribution in [2.45, 2.75) is 20.0 Å². The lowest BCUT2D eigenvalue weighted by Gasteiger charge is -2.12. The highest BCUT2D eigenvalue weighted by Gasteiger charge is 2.13. The summed E-state index contributed by atoms with van der Waals surface area (Å²) in [6, 6.07) is 5.51. The van der Waals surface area contributed by atoms with Crippen molar-refractivity contribution in [2.24, 2.45) is 0 Å². The molecule has 0 unspecified atom stereocenters. The second-order valence-electron chi connectivity index (χ2n) is 4.18. The van der Waals surface area contributed by atoms with Crippen molar-refractivity contribution in [3.05, 3.63) is 51.1 Å². The second kappa shape index (κ2) is 5.52. The summed E-state index contributed by atoms with van der Waals surface area (Å²) in [6.45, 7) is 3.66. The first-order chi connectivity index (χ1) is 8.99. The molecular weight excluding hydrogens is 315 g/mol. The summed E-state index contributed by atoms with van der Waals surface area (Å²) in [5, 5.41) is 4.00.